The van der Waals surface area contributed by atoms with Crippen molar-refractivity contribution in [2.45, 2.75) is 6.42 Å². The van der Waals surface area contributed by atoms with Crippen molar-refractivity contribution in [2.24, 2.45) is 0 Å². The highest BCUT2D eigenvalue weighted by molar-refractivity contribution is 7.71. The molecule has 0 heterocycles. The van der Waals surface area contributed by atoms with Gasteiger partial charge in [0.15, 0.2) is 0 Å². The predicted molar refractivity (Wildman–Crippen MR) is 30.3 cm³/mol. The van der Waals surface area contributed by atoms with E-state index in [1.165, 1.54) is 0 Å². The molecule has 0 saturated carbocycles. The number of halogens is 1. The third kappa shape index (κ3) is 5.98. The Labute approximate surface area is 48.6 Å². The Morgan fingerprint density at radius 3 is 2.29 bits per heavy atom. The van der Waals surface area contributed by atoms with E-state index in [-0.39, 0.29) is 0 Å². The SMILES string of the molecule is O=S(=O)=CCCCl. The van der Waals surface area contributed by atoms with Gasteiger partial charge >= 0.3 is 0 Å². The van der Waals surface area contributed by atoms with Crippen molar-refractivity contribution in [3.8, 4) is 0 Å². The summed E-state index contributed by atoms with van der Waals surface area (Å²) in [4.78, 5) is 0. The van der Waals surface area contributed by atoms with Crippen LogP contribution in [0.3, 0.4) is 0 Å². The Balaban J connectivity index is 3.49. The first-order valence-electron chi connectivity index (χ1n) is 1.74. The minimum Gasteiger partial charge on any atom is -0.185 e. The van der Waals surface area contributed by atoms with Crippen molar-refractivity contribution in [1.29, 1.82) is 0 Å². The van der Waals surface area contributed by atoms with Gasteiger partial charge in [-0.15, -0.1) is 11.6 Å². The van der Waals surface area contributed by atoms with Crippen LogP contribution in [-0.4, -0.2) is 19.7 Å². The van der Waals surface area contributed by atoms with Gasteiger partial charge in [-0.3, -0.25) is 0 Å². The van der Waals surface area contributed by atoms with E-state index in [1.807, 2.05) is 0 Å². The molecule has 0 aliphatic carbocycles. The van der Waals surface area contributed by atoms with E-state index in [0.717, 1.165) is 5.37 Å². The van der Waals surface area contributed by atoms with Crippen LogP contribution >= 0.6 is 11.6 Å². The topological polar surface area (TPSA) is 34.1 Å². The van der Waals surface area contributed by atoms with Crippen LogP contribution in [0.4, 0.5) is 0 Å². The van der Waals surface area contributed by atoms with E-state index in [1.54, 1.807) is 0 Å². The zero-order chi connectivity index (χ0) is 5.70. The van der Waals surface area contributed by atoms with Gasteiger partial charge in [0.2, 0.25) is 10.3 Å². The van der Waals surface area contributed by atoms with Crippen LogP contribution in [0.15, 0.2) is 0 Å². The monoisotopic (exact) mass is 140 g/mol. The number of alkyl halides is 1. The largest absolute Gasteiger partial charge is 0.209 e. The number of hydrogen-bond donors (Lipinski definition) is 0. The first kappa shape index (κ1) is 6.98. The summed E-state index contributed by atoms with van der Waals surface area (Å²) in [5.74, 6) is 0.369. The highest BCUT2D eigenvalue weighted by Gasteiger charge is 1.72. The van der Waals surface area contributed by atoms with Crippen molar-refractivity contribution in [1.82, 2.24) is 0 Å². The second-order valence-corrected chi connectivity index (χ2v) is 2.14. The van der Waals surface area contributed by atoms with Crippen molar-refractivity contribution in [3.05, 3.63) is 0 Å². The number of hydrogen-bond acceptors (Lipinski definition) is 2. The molecular formula is C3H5ClO2S. The Kier molecular flexibility index (Phi) is 4.14. The molecule has 0 aliphatic rings. The van der Waals surface area contributed by atoms with Gasteiger partial charge in [-0.05, 0) is 6.42 Å². The first-order valence-corrected chi connectivity index (χ1v) is 3.42. The fourth-order valence-electron chi connectivity index (χ4n) is 0.141. The highest BCUT2D eigenvalue weighted by atomic mass is 35.5. The standard InChI is InChI=1S/C3H5ClO2S/c4-2-1-3-7(5)6/h3H,1-2H2. The molecule has 0 rings (SSSR count). The maximum atomic E-state index is 9.64. The van der Waals surface area contributed by atoms with E-state index in [2.05, 4.69) is 0 Å². The van der Waals surface area contributed by atoms with Crippen molar-refractivity contribution in [2.75, 3.05) is 5.88 Å². The third-order valence-electron chi connectivity index (χ3n) is 0.363. The van der Waals surface area contributed by atoms with Gasteiger partial charge in [-0.1, -0.05) is 0 Å². The minimum absolute atomic E-state index is 0.369. The maximum absolute atomic E-state index is 9.64. The molecule has 2 nitrogen and oxygen atoms in total. The fraction of sp³-hybridized carbons (Fsp3) is 0.667. The van der Waals surface area contributed by atoms with Gasteiger partial charge in [-0.2, -0.15) is 8.42 Å². The summed E-state index contributed by atoms with van der Waals surface area (Å²) < 4.78 is 19.3. The maximum Gasteiger partial charge on any atom is 0.209 e. The second kappa shape index (κ2) is 4.15. The summed E-state index contributed by atoms with van der Waals surface area (Å²) in [7, 11) is -2.02. The summed E-state index contributed by atoms with van der Waals surface area (Å²) in [5, 5.41) is 1.13. The second-order valence-electron chi connectivity index (χ2n) is 0.905. The summed E-state index contributed by atoms with van der Waals surface area (Å²) in [6.45, 7) is 0. The molecule has 0 fully saturated rings. The van der Waals surface area contributed by atoms with Crippen LogP contribution in [0, 0.1) is 0 Å². The zero-order valence-corrected chi connectivity index (χ0v) is 5.17. The Morgan fingerprint density at radius 2 is 2.14 bits per heavy atom. The van der Waals surface area contributed by atoms with Gasteiger partial charge in [0, 0.05) is 11.2 Å². The predicted octanol–water partition coefficient (Wildman–Crippen LogP) is 0.297. The lowest BCUT2D eigenvalue weighted by molar-refractivity contribution is 0.627. The molecule has 0 amide bonds. The Bertz CT molecular complexity index is 138. The van der Waals surface area contributed by atoms with E-state index in [4.69, 9.17) is 11.6 Å². The van der Waals surface area contributed by atoms with E-state index < -0.39 is 10.3 Å². The number of rotatable bonds is 2. The summed E-state index contributed by atoms with van der Waals surface area (Å²) in [6, 6.07) is 0. The third-order valence-corrected chi connectivity index (χ3v) is 1.09. The lowest BCUT2D eigenvalue weighted by Gasteiger charge is -1.69. The molecule has 0 radical (unpaired) electrons. The van der Waals surface area contributed by atoms with Gasteiger partial charge in [0.05, 0.1) is 0 Å². The molecule has 7 heavy (non-hydrogen) atoms. The molecule has 0 aliphatic heterocycles. The highest BCUT2D eigenvalue weighted by Crippen LogP contribution is 1.75. The van der Waals surface area contributed by atoms with Crippen molar-refractivity contribution < 1.29 is 8.42 Å². The van der Waals surface area contributed by atoms with Crippen molar-refractivity contribution >= 4 is 27.3 Å². The minimum atomic E-state index is -2.02. The molecule has 0 spiro atoms. The lowest BCUT2D eigenvalue weighted by atomic mass is 10.6. The lowest BCUT2D eigenvalue weighted by Crippen LogP contribution is -1.75. The first-order chi connectivity index (χ1) is 3.27. The quantitative estimate of drug-likeness (QED) is 0.408. The van der Waals surface area contributed by atoms with Crippen LogP contribution in [0.2, 0.25) is 0 Å². The average Bonchev–Trinajstić information content (AvgIpc) is 1.61. The van der Waals surface area contributed by atoms with Gasteiger partial charge in [-0.25, -0.2) is 0 Å². The molecular weight excluding hydrogens is 136 g/mol. The van der Waals surface area contributed by atoms with Crippen molar-refractivity contribution in [3.63, 3.8) is 0 Å². The van der Waals surface area contributed by atoms with Crippen LogP contribution in [-0.2, 0) is 10.3 Å². The fourth-order valence-corrected chi connectivity index (χ4v) is 0.690. The van der Waals surface area contributed by atoms with E-state index >= 15 is 0 Å². The molecule has 0 bridgehead atoms. The van der Waals surface area contributed by atoms with Crippen LogP contribution in [0.1, 0.15) is 6.42 Å². The smallest absolute Gasteiger partial charge is 0.185 e. The molecule has 0 aromatic carbocycles. The van der Waals surface area contributed by atoms with Crippen LogP contribution < -0.4 is 0 Å². The average molecular weight is 141 g/mol. The Hall–Kier alpha value is -0.0200. The van der Waals surface area contributed by atoms with E-state index in [9.17, 15) is 8.42 Å². The zero-order valence-electron chi connectivity index (χ0n) is 3.59. The molecule has 0 N–H and O–H groups in total. The van der Waals surface area contributed by atoms with Gasteiger partial charge in [0.1, 0.15) is 0 Å². The van der Waals surface area contributed by atoms with E-state index in [0.29, 0.717) is 12.3 Å². The summed E-state index contributed by atoms with van der Waals surface area (Å²) in [5.41, 5.74) is 0. The summed E-state index contributed by atoms with van der Waals surface area (Å²) in [6.07, 6.45) is 0.428. The Morgan fingerprint density at radius 1 is 1.57 bits per heavy atom. The molecule has 0 aromatic rings. The summed E-state index contributed by atoms with van der Waals surface area (Å²) >= 11 is 5.14. The van der Waals surface area contributed by atoms with Crippen LogP contribution in [0.5, 0.6) is 0 Å². The van der Waals surface area contributed by atoms with Gasteiger partial charge < -0.3 is 0 Å². The van der Waals surface area contributed by atoms with Crippen LogP contribution in [0.25, 0.3) is 0 Å². The molecule has 42 valence electrons. The van der Waals surface area contributed by atoms with Gasteiger partial charge in [0.25, 0.3) is 0 Å². The molecule has 0 aromatic heterocycles. The molecule has 4 heteroatoms. The molecule has 0 saturated heterocycles. The molecule has 0 atom stereocenters. The normalized spacial score (nSPS) is 8.14. The molecule has 0 unspecified atom stereocenters.